The van der Waals surface area contributed by atoms with Gasteiger partial charge in [0.1, 0.15) is 0 Å². The van der Waals surface area contributed by atoms with Crippen LogP contribution in [0.2, 0.25) is 0 Å². The van der Waals surface area contributed by atoms with Crippen molar-refractivity contribution in [2.24, 2.45) is 5.41 Å². The van der Waals surface area contributed by atoms with Crippen LogP contribution in [0.5, 0.6) is 0 Å². The number of fused-ring (bicyclic) bond motifs is 1. The molecule has 1 heterocycles. The third-order valence-corrected chi connectivity index (χ3v) is 4.16. The lowest BCUT2D eigenvalue weighted by molar-refractivity contribution is 0.0688. The van der Waals surface area contributed by atoms with Crippen LogP contribution in [0.1, 0.15) is 46.0 Å². The van der Waals surface area contributed by atoms with E-state index in [1.165, 1.54) is 38.6 Å². The average molecular weight is 197 g/mol. The lowest BCUT2D eigenvalue weighted by atomic mass is 9.82. The van der Waals surface area contributed by atoms with Crippen LogP contribution in [-0.4, -0.2) is 25.3 Å². The first-order chi connectivity index (χ1) is 6.77. The summed E-state index contributed by atoms with van der Waals surface area (Å²) < 4.78 is 5.81. The fraction of sp³-hybridized carbons (Fsp3) is 1.00. The monoisotopic (exact) mass is 197 g/mol. The Bertz CT molecular complexity index is 183. The second-order valence-electron chi connectivity index (χ2n) is 5.05. The van der Waals surface area contributed by atoms with Gasteiger partial charge in [-0.05, 0) is 32.6 Å². The Morgan fingerprint density at radius 2 is 2.36 bits per heavy atom. The van der Waals surface area contributed by atoms with Crippen molar-refractivity contribution in [2.75, 3.05) is 13.2 Å². The number of nitrogens with one attached hydrogen (secondary N) is 1. The van der Waals surface area contributed by atoms with E-state index in [0.717, 1.165) is 6.61 Å². The quantitative estimate of drug-likeness (QED) is 0.747. The topological polar surface area (TPSA) is 21.3 Å². The minimum atomic E-state index is 0.503. The average Bonchev–Trinajstić information content (AvgIpc) is 2.72. The Morgan fingerprint density at radius 3 is 3.14 bits per heavy atom. The SMILES string of the molecule is CCC(C)NC[C@]12CCC[C@H]1OCC2. The van der Waals surface area contributed by atoms with Crippen LogP contribution in [0.4, 0.5) is 0 Å². The zero-order chi connectivity index (χ0) is 10.0. The molecule has 1 unspecified atom stereocenters. The van der Waals surface area contributed by atoms with Crippen molar-refractivity contribution in [3.05, 3.63) is 0 Å². The van der Waals surface area contributed by atoms with Crippen LogP contribution in [0.15, 0.2) is 0 Å². The molecular formula is C12H23NO. The molecule has 0 aromatic heterocycles. The molecule has 1 saturated heterocycles. The molecule has 1 N–H and O–H groups in total. The molecule has 0 amide bonds. The van der Waals surface area contributed by atoms with Gasteiger partial charge in [0.25, 0.3) is 0 Å². The summed E-state index contributed by atoms with van der Waals surface area (Å²) in [5.74, 6) is 0. The molecule has 82 valence electrons. The fourth-order valence-electron chi connectivity index (χ4n) is 2.87. The second-order valence-corrected chi connectivity index (χ2v) is 5.05. The molecule has 1 saturated carbocycles. The molecule has 14 heavy (non-hydrogen) atoms. The van der Waals surface area contributed by atoms with Gasteiger partial charge in [0.05, 0.1) is 6.10 Å². The van der Waals surface area contributed by atoms with Gasteiger partial charge in [-0.3, -0.25) is 0 Å². The first-order valence-electron chi connectivity index (χ1n) is 6.12. The molecule has 2 aliphatic rings. The summed E-state index contributed by atoms with van der Waals surface area (Å²) in [6.07, 6.45) is 7.11. The van der Waals surface area contributed by atoms with E-state index in [4.69, 9.17) is 4.74 Å². The molecule has 0 spiro atoms. The maximum absolute atomic E-state index is 5.81. The summed E-state index contributed by atoms with van der Waals surface area (Å²) in [5.41, 5.74) is 0.503. The molecule has 1 aliphatic carbocycles. The Labute approximate surface area is 87.4 Å². The Hall–Kier alpha value is -0.0800. The second kappa shape index (κ2) is 4.19. The minimum Gasteiger partial charge on any atom is -0.378 e. The van der Waals surface area contributed by atoms with E-state index < -0.39 is 0 Å². The largest absolute Gasteiger partial charge is 0.378 e. The Kier molecular flexibility index (Phi) is 3.13. The van der Waals surface area contributed by atoms with Gasteiger partial charge >= 0.3 is 0 Å². The highest BCUT2D eigenvalue weighted by molar-refractivity contribution is 4.98. The molecule has 0 bridgehead atoms. The molecule has 3 atom stereocenters. The van der Waals surface area contributed by atoms with Gasteiger partial charge in [0, 0.05) is 24.6 Å². The van der Waals surface area contributed by atoms with Crippen molar-refractivity contribution >= 4 is 0 Å². The van der Waals surface area contributed by atoms with Crippen molar-refractivity contribution in [1.82, 2.24) is 5.32 Å². The molecule has 2 heteroatoms. The molecule has 2 fully saturated rings. The van der Waals surface area contributed by atoms with Crippen LogP contribution >= 0.6 is 0 Å². The van der Waals surface area contributed by atoms with Crippen LogP contribution < -0.4 is 5.32 Å². The third kappa shape index (κ3) is 1.82. The predicted octanol–water partition coefficient (Wildman–Crippen LogP) is 2.33. The molecule has 0 aromatic rings. The van der Waals surface area contributed by atoms with E-state index in [1.807, 2.05) is 0 Å². The van der Waals surface area contributed by atoms with E-state index >= 15 is 0 Å². The number of hydrogen-bond donors (Lipinski definition) is 1. The maximum Gasteiger partial charge on any atom is 0.0644 e. The summed E-state index contributed by atoms with van der Waals surface area (Å²) in [4.78, 5) is 0. The molecule has 0 aromatic carbocycles. The number of ether oxygens (including phenoxy) is 1. The Balaban J connectivity index is 1.88. The van der Waals surface area contributed by atoms with Crippen LogP contribution in [0, 0.1) is 5.41 Å². The first kappa shape index (κ1) is 10.4. The van der Waals surface area contributed by atoms with Gasteiger partial charge < -0.3 is 10.1 Å². The summed E-state index contributed by atoms with van der Waals surface area (Å²) in [6.45, 7) is 6.68. The smallest absolute Gasteiger partial charge is 0.0644 e. The zero-order valence-corrected chi connectivity index (χ0v) is 9.51. The van der Waals surface area contributed by atoms with Crippen molar-refractivity contribution < 1.29 is 4.74 Å². The van der Waals surface area contributed by atoms with Crippen molar-refractivity contribution in [3.8, 4) is 0 Å². The van der Waals surface area contributed by atoms with Gasteiger partial charge in [-0.1, -0.05) is 13.3 Å². The van der Waals surface area contributed by atoms with Crippen LogP contribution in [0.3, 0.4) is 0 Å². The Morgan fingerprint density at radius 1 is 1.50 bits per heavy atom. The maximum atomic E-state index is 5.81. The molecule has 2 nitrogen and oxygen atoms in total. The summed E-state index contributed by atoms with van der Waals surface area (Å²) >= 11 is 0. The van der Waals surface area contributed by atoms with E-state index in [1.54, 1.807) is 0 Å². The predicted molar refractivity (Wildman–Crippen MR) is 58.4 cm³/mol. The van der Waals surface area contributed by atoms with E-state index in [0.29, 0.717) is 17.6 Å². The lowest BCUT2D eigenvalue weighted by Crippen LogP contribution is -2.40. The van der Waals surface area contributed by atoms with Crippen molar-refractivity contribution in [2.45, 2.75) is 58.1 Å². The van der Waals surface area contributed by atoms with Crippen LogP contribution in [-0.2, 0) is 4.74 Å². The fourth-order valence-corrected chi connectivity index (χ4v) is 2.87. The highest BCUT2D eigenvalue weighted by atomic mass is 16.5. The lowest BCUT2D eigenvalue weighted by Gasteiger charge is -2.29. The molecular weight excluding hydrogens is 174 g/mol. The zero-order valence-electron chi connectivity index (χ0n) is 9.51. The summed E-state index contributed by atoms with van der Waals surface area (Å²) in [7, 11) is 0. The van der Waals surface area contributed by atoms with Gasteiger partial charge in [-0.2, -0.15) is 0 Å². The highest BCUT2D eigenvalue weighted by Gasteiger charge is 2.46. The van der Waals surface area contributed by atoms with Crippen molar-refractivity contribution in [3.63, 3.8) is 0 Å². The first-order valence-corrected chi connectivity index (χ1v) is 6.12. The van der Waals surface area contributed by atoms with E-state index in [2.05, 4.69) is 19.2 Å². The molecule has 2 rings (SSSR count). The van der Waals surface area contributed by atoms with E-state index in [9.17, 15) is 0 Å². The minimum absolute atomic E-state index is 0.503. The summed E-state index contributed by atoms with van der Waals surface area (Å²) in [6, 6.07) is 0.659. The van der Waals surface area contributed by atoms with Crippen molar-refractivity contribution in [1.29, 1.82) is 0 Å². The molecule has 1 aliphatic heterocycles. The molecule has 0 radical (unpaired) electrons. The number of rotatable bonds is 4. The standard InChI is InChI=1S/C12H23NO/c1-3-10(2)13-9-12-6-4-5-11(12)14-8-7-12/h10-11,13H,3-9H2,1-2H3/t10?,11-,12-/m1/s1. The van der Waals surface area contributed by atoms with Gasteiger partial charge in [-0.15, -0.1) is 0 Å². The van der Waals surface area contributed by atoms with E-state index in [-0.39, 0.29) is 0 Å². The van der Waals surface area contributed by atoms with Gasteiger partial charge in [0.2, 0.25) is 0 Å². The third-order valence-electron chi connectivity index (χ3n) is 4.16. The van der Waals surface area contributed by atoms with Gasteiger partial charge in [-0.25, -0.2) is 0 Å². The van der Waals surface area contributed by atoms with Gasteiger partial charge in [0.15, 0.2) is 0 Å². The summed E-state index contributed by atoms with van der Waals surface area (Å²) in [5, 5.41) is 3.66. The highest BCUT2D eigenvalue weighted by Crippen LogP contribution is 2.46. The number of hydrogen-bond acceptors (Lipinski definition) is 2. The van der Waals surface area contributed by atoms with Crippen LogP contribution in [0.25, 0.3) is 0 Å². The normalized spacial score (nSPS) is 38.6.